The minimum absolute atomic E-state index is 0. The van der Waals surface area contributed by atoms with Gasteiger partial charge in [0.2, 0.25) is 11.8 Å². The average molecular weight is 586 g/mol. The molecule has 40 heavy (non-hydrogen) atoms. The number of benzene rings is 1. The number of primary amides is 1. The molecule has 0 bridgehead atoms. The second kappa shape index (κ2) is 18.5. The van der Waals surface area contributed by atoms with Gasteiger partial charge in [-0.05, 0) is 87.3 Å². The predicted molar refractivity (Wildman–Crippen MR) is 165 cm³/mol. The minimum atomic E-state index is -0.845. The minimum Gasteiger partial charge on any atom is -0.496 e. The molecule has 232 valence electrons. The first-order valence-corrected chi connectivity index (χ1v) is 14.4. The van der Waals surface area contributed by atoms with Gasteiger partial charge in [0, 0.05) is 32.2 Å². The van der Waals surface area contributed by atoms with Crippen molar-refractivity contribution in [2.24, 2.45) is 40.6 Å². The summed E-state index contributed by atoms with van der Waals surface area (Å²) in [5.74, 6) is 0.466. The van der Waals surface area contributed by atoms with Crippen molar-refractivity contribution in [3.63, 3.8) is 0 Å². The van der Waals surface area contributed by atoms with Gasteiger partial charge in [0.15, 0.2) is 0 Å². The number of ether oxygens (including phenoxy) is 2. The molecule has 0 saturated carbocycles. The molecule has 0 aliphatic carbocycles. The largest absolute Gasteiger partial charge is 0.496 e. The second-order valence-electron chi connectivity index (χ2n) is 12.3. The van der Waals surface area contributed by atoms with E-state index in [1.807, 2.05) is 19.9 Å². The molecular formula is C31H56ClN3O5. The topological polar surface area (TPSA) is 137 Å². The molecule has 1 aromatic rings. The Bertz CT molecular complexity index is 894. The molecule has 0 aliphatic rings. The van der Waals surface area contributed by atoms with Crippen molar-refractivity contribution in [2.45, 2.75) is 92.2 Å². The van der Waals surface area contributed by atoms with Crippen LogP contribution in [-0.2, 0) is 27.2 Å². The number of nitrogens with one attached hydrogen (secondary N) is 1. The van der Waals surface area contributed by atoms with E-state index in [1.165, 1.54) is 11.1 Å². The third-order valence-corrected chi connectivity index (χ3v) is 7.91. The molecule has 6 N–H and O–H groups in total. The van der Waals surface area contributed by atoms with Crippen LogP contribution >= 0.6 is 12.4 Å². The van der Waals surface area contributed by atoms with E-state index >= 15 is 0 Å². The average Bonchev–Trinajstić information content (AvgIpc) is 2.87. The number of aliphatic hydroxyl groups is 1. The molecule has 4 atom stereocenters. The summed E-state index contributed by atoms with van der Waals surface area (Å²) >= 11 is 0. The van der Waals surface area contributed by atoms with Crippen LogP contribution in [0, 0.1) is 29.1 Å². The number of unbranched alkanes of at least 4 members (excludes halogenated alkanes) is 1. The summed E-state index contributed by atoms with van der Waals surface area (Å²) in [4.78, 5) is 24.6. The quantitative estimate of drug-likeness (QED) is 0.179. The van der Waals surface area contributed by atoms with Gasteiger partial charge in [0.1, 0.15) is 5.75 Å². The Balaban J connectivity index is 0.0000152. The molecule has 0 fully saturated rings. The molecule has 0 heterocycles. The van der Waals surface area contributed by atoms with E-state index in [0.717, 1.165) is 38.0 Å². The molecule has 0 spiro atoms. The van der Waals surface area contributed by atoms with Crippen LogP contribution in [0.3, 0.4) is 0 Å². The van der Waals surface area contributed by atoms with Crippen molar-refractivity contribution in [1.82, 2.24) is 5.32 Å². The van der Waals surface area contributed by atoms with Gasteiger partial charge in [-0.2, -0.15) is 0 Å². The summed E-state index contributed by atoms with van der Waals surface area (Å²) in [6.45, 7) is 12.6. The standard InChI is InChI=1S/C31H55N3O5.ClH/c1-20(2)24(16-22-12-13-28(39-8)23(15-22)11-9-10-14-38-7)17-26(32)27(35)18-25(21(3)4)29(36)34-19-31(5,6)30(33)37;/h12-13,15,20-21,24-27,35H,9-11,14,16-19,32H2,1-8H3,(H2,33,37)(H,34,36);1H/t24-,25-,26-,27-;/m0./s1. The van der Waals surface area contributed by atoms with Crippen molar-refractivity contribution >= 4 is 24.2 Å². The van der Waals surface area contributed by atoms with Crippen molar-refractivity contribution in [3.05, 3.63) is 29.3 Å². The van der Waals surface area contributed by atoms with Gasteiger partial charge in [-0.3, -0.25) is 9.59 Å². The summed E-state index contributed by atoms with van der Waals surface area (Å²) in [6.07, 6.45) is 3.91. The first kappa shape index (κ1) is 38.1. The maximum Gasteiger partial charge on any atom is 0.224 e. The molecule has 8 nitrogen and oxygen atoms in total. The van der Waals surface area contributed by atoms with E-state index in [9.17, 15) is 14.7 Å². The van der Waals surface area contributed by atoms with Crippen molar-refractivity contribution in [2.75, 3.05) is 27.4 Å². The number of aryl methyl sites for hydroxylation is 1. The fraction of sp³-hybridized carbons (Fsp3) is 0.742. The second-order valence-corrected chi connectivity index (χ2v) is 12.3. The third kappa shape index (κ3) is 12.8. The highest BCUT2D eigenvalue weighted by Gasteiger charge is 2.32. The van der Waals surface area contributed by atoms with Gasteiger partial charge in [-0.25, -0.2) is 0 Å². The fourth-order valence-electron chi connectivity index (χ4n) is 4.76. The lowest BCUT2D eigenvalue weighted by molar-refractivity contribution is -0.130. The number of methoxy groups -OCH3 is 2. The summed E-state index contributed by atoms with van der Waals surface area (Å²) in [7, 11) is 3.42. The van der Waals surface area contributed by atoms with Crippen LogP contribution in [0.5, 0.6) is 5.75 Å². The van der Waals surface area contributed by atoms with Crippen LogP contribution < -0.4 is 21.5 Å². The molecule has 9 heteroatoms. The molecule has 1 rings (SSSR count). The number of hydrogen-bond acceptors (Lipinski definition) is 6. The molecule has 0 saturated heterocycles. The van der Waals surface area contributed by atoms with E-state index in [2.05, 4.69) is 31.3 Å². The predicted octanol–water partition coefficient (Wildman–Crippen LogP) is 4.27. The number of aliphatic hydroxyl groups excluding tert-OH is 1. The number of hydrogen-bond donors (Lipinski definition) is 4. The molecular weight excluding hydrogens is 530 g/mol. The Morgan fingerprint density at radius 2 is 1.70 bits per heavy atom. The number of carbonyl (C=O) groups excluding carboxylic acids is 2. The molecule has 0 radical (unpaired) electrons. The summed E-state index contributed by atoms with van der Waals surface area (Å²) in [6, 6.07) is 5.93. The fourth-order valence-corrected chi connectivity index (χ4v) is 4.76. The third-order valence-electron chi connectivity index (χ3n) is 7.91. The number of halogens is 1. The number of nitrogens with two attached hydrogens (primary N) is 2. The van der Waals surface area contributed by atoms with Gasteiger partial charge in [0.05, 0.1) is 18.6 Å². The molecule has 0 unspecified atom stereocenters. The Morgan fingerprint density at radius 3 is 2.23 bits per heavy atom. The first-order chi connectivity index (χ1) is 18.2. The van der Waals surface area contributed by atoms with Crippen molar-refractivity contribution in [1.29, 1.82) is 0 Å². The molecule has 0 aliphatic heterocycles. The number of amides is 2. The van der Waals surface area contributed by atoms with E-state index in [4.69, 9.17) is 20.9 Å². The van der Waals surface area contributed by atoms with E-state index in [1.54, 1.807) is 28.1 Å². The number of carbonyl (C=O) groups is 2. The summed E-state index contributed by atoms with van der Waals surface area (Å²) < 4.78 is 10.8. The van der Waals surface area contributed by atoms with E-state index in [0.29, 0.717) is 12.3 Å². The highest BCUT2D eigenvalue weighted by Crippen LogP contribution is 2.29. The Hall–Kier alpha value is -1.87. The van der Waals surface area contributed by atoms with Crippen LogP contribution in [-0.4, -0.2) is 56.4 Å². The van der Waals surface area contributed by atoms with Gasteiger partial charge in [0.25, 0.3) is 0 Å². The molecule has 2 amide bonds. The molecule has 0 aromatic heterocycles. The molecule has 1 aromatic carbocycles. The maximum absolute atomic E-state index is 12.9. The van der Waals surface area contributed by atoms with Crippen LogP contribution in [0.4, 0.5) is 0 Å². The zero-order chi connectivity index (χ0) is 29.8. The van der Waals surface area contributed by atoms with Gasteiger partial charge >= 0.3 is 0 Å². The van der Waals surface area contributed by atoms with E-state index in [-0.39, 0.29) is 43.1 Å². The first-order valence-electron chi connectivity index (χ1n) is 14.4. The summed E-state index contributed by atoms with van der Waals surface area (Å²) in [5, 5.41) is 13.9. The smallest absolute Gasteiger partial charge is 0.224 e. The zero-order valence-electron chi connectivity index (χ0n) is 26.0. The van der Waals surface area contributed by atoms with Gasteiger partial charge < -0.3 is 31.4 Å². The Kier molecular flexibility index (Phi) is 17.7. The van der Waals surface area contributed by atoms with Gasteiger partial charge in [-0.15, -0.1) is 12.4 Å². The highest BCUT2D eigenvalue weighted by atomic mass is 35.5. The van der Waals surface area contributed by atoms with Gasteiger partial charge in [-0.1, -0.05) is 39.8 Å². The Morgan fingerprint density at radius 1 is 1.05 bits per heavy atom. The Labute approximate surface area is 248 Å². The normalized spacial score (nSPS) is 14.8. The summed E-state index contributed by atoms with van der Waals surface area (Å²) in [5.41, 5.74) is 13.6. The lowest BCUT2D eigenvalue weighted by Gasteiger charge is -2.30. The highest BCUT2D eigenvalue weighted by molar-refractivity contribution is 5.85. The lowest BCUT2D eigenvalue weighted by Crippen LogP contribution is -2.46. The van der Waals surface area contributed by atoms with Crippen LogP contribution in [0.2, 0.25) is 0 Å². The monoisotopic (exact) mass is 585 g/mol. The van der Waals surface area contributed by atoms with Crippen molar-refractivity contribution < 1.29 is 24.2 Å². The van der Waals surface area contributed by atoms with Crippen LogP contribution in [0.15, 0.2) is 18.2 Å². The van der Waals surface area contributed by atoms with Crippen molar-refractivity contribution in [3.8, 4) is 5.75 Å². The number of rotatable bonds is 19. The SMILES string of the molecule is COCCCCc1cc(C[C@@H](C[C@H](N)[C@@H](O)C[C@H](C(=O)NCC(C)(C)C(N)=O)C(C)C)C(C)C)ccc1OC.Cl. The maximum atomic E-state index is 12.9. The zero-order valence-corrected chi connectivity index (χ0v) is 26.8. The lowest BCUT2D eigenvalue weighted by atomic mass is 9.80. The van der Waals surface area contributed by atoms with Crippen LogP contribution in [0.25, 0.3) is 0 Å². The van der Waals surface area contributed by atoms with Crippen LogP contribution in [0.1, 0.15) is 78.4 Å². The van der Waals surface area contributed by atoms with E-state index < -0.39 is 29.4 Å².